The molecule has 0 spiro atoms. The Labute approximate surface area is 237 Å². The van der Waals surface area contributed by atoms with E-state index in [0.29, 0.717) is 11.3 Å². The summed E-state index contributed by atoms with van der Waals surface area (Å²) in [6.45, 7) is 1.37. The summed E-state index contributed by atoms with van der Waals surface area (Å²) in [7, 11) is 1.53. The van der Waals surface area contributed by atoms with Gasteiger partial charge in [-0.2, -0.15) is 0 Å². The molecule has 1 aliphatic heterocycles. The SMILES string of the molecule is COc1cccc(CNC(=O)[C@H]2C[C@H](F)CN2C(=O)[C@@H](O)[C@H](Cc2ccccc2)NC(=O)c2cccc(O)c2C)c1. The molecule has 0 unspecified atom stereocenters. The van der Waals surface area contributed by atoms with Crippen LogP contribution in [0.15, 0.2) is 72.8 Å². The number of halogens is 1. The number of carbonyl (C=O) groups excluding carboxylic acids is 3. The highest BCUT2D eigenvalue weighted by Gasteiger charge is 2.43. The van der Waals surface area contributed by atoms with Gasteiger partial charge >= 0.3 is 0 Å². The molecule has 9 nitrogen and oxygen atoms in total. The first kappa shape index (κ1) is 29.5. The molecule has 0 bridgehead atoms. The minimum atomic E-state index is -1.77. The summed E-state index contributed by atoms with van der Waals surface area (Å²) < 4.78 is 19.8. The number of ether oxygens (including phenoxy) is 1. The van der Waals surface area contributed by atoms with Gasteiger partial charge in [0.2, 0.25) is 5.91 Å². The molecule has 0 aromatic heterocycles. The smallest absolute Gasteiger partial charge is 0.254 e. The van der Waals surface area contributed by atoms with Gasteiger partial charge < -0.3 is 30.5 Å². The first-order chi connectivity index (χ1) is 19.7. The molecule has 4 rings (SSSR count). The molecule has 4 N–H and O–H groups in total. The van der Waals surface area contributed by atoms with Crippen molar-refractivity contribution in [3.05, 3.63) is 95.1 Å². The Hall–Kier alpha value is -4.44. The third-order valence-electron chi connectivity index (χ3n) is 7.24. The Balaban J connectivity index is 1.51. The average Bonchev–Trinajstić information content (AvgIpc) is 3.38. The van der Waals surface area contributed by atoms with E-state index in [1.54, 1.807) is 55.5 Å². The number of amides is 3. The van der Waals surface area contributed by atoms with Gasteiger partial charge in [0.05, 0.1) is 19.7 Å². The Morgan fingerprint density at radius 1 is 1.05 bits per heavy atom. The van der Waals surface area contributed by atoms with Gasteiger partial charge in [0.1, 0.15) is 23.7 Å². The maximum absolute atomic E-state index is 14.6. The number of aliphatic hydroxyl groups excluding tert-OH is 1. The number of aromatic hydroxyl groups is 1. The highest BCUT2D eigenvalue weighted by Crippen LogP contribution is 2.24. The third kappa shape index (κ3) is 7.20. The second kappa shape index (κ2) is 13.3. The van der Waals surface area contributed by atoms with E-state index in [9.17, 15) is 29.0 Å². The Kier molecular flexibility index (Phi) is 9.57. The van der Waals surface area contributed by atoms with E-state index in [-0.39, 0.29) is 37.2 Å². The lowest BCUT2D eigenvalue weighted by atomic mass is 9.98. The summed E-state index contributed by atoms with van der Waals surface area (Å²) in [5, 5.41) is 26.7. The number of carbonyl (C=O) groups is 3. The van der Waals surface area contributed by atoms with E-state index >= 15 is 0 Å². The number of phenolic OH excluding ortho intramolecular Hbond substituents is 1. The van der Waals surface area contributed by atoms with Gasteiger partial charge in [0.25, 0.3) is 11.8 Å². The molecule has 1 saturated heterocycles. The van der Waals surface area contributed by atoms with Crippen molar-refractivity contribution in [2.75, 3.05) is 13.7 Å². The maximum Gasteiger partial charge on any atom is 0.254 e. The number of benzene rings is 3. The van der Waals surface area contributed by atoms with E-state index in [1.165, 1.54) is 25.3 Å². The Morgan fingerprint density at radius 2 is 1.76 bits per heavy atom. The molecule has 10 heteroatoms. The van der Waals surface area contributed by atoms with E-state index < -0.39 is 42.1 Å². The second-order valence-electron chi connectivity index (χ2n) is 10.1. The van der Waals surface area contributed by atoms with Gasteiger partial charge in [0.15, 0.2) is 6.10 Å². The van der Waals surface area contributed by atoms with Crippen LogP contribution in [-0.2, 0) is 22.6 Å². The minimum absolute atomic E-state index is 0.0669. The number of alkyl halides is 1. The van der Waals surface area contributed by atoms with Crippen LogP contribution in [0.1, 0.15) is 33.5 Å². The second-order valence-corrected chi connectivity index (χ2v) is 10.1. The Morgan fingerprint density at radius 3 is 2.49 bits per heavy atom. The number of methoxy groups -OCH3 is 1. The molecule has 216 valence electrons. The molecule has 0 aliphatic carbocycles. The lowest BCUT2D eigenvalue weighted by molar-refractivity contribution is -0.146. The van der Waals surface area contributed by atoms with Crippen LogP contribution in [0.25, 0.3) is 0 Å². The predicted octanol–water partition coefficient (Wildman–Crippen LogP) is 2.67. The summed E-state index contributed by atoms with van der Waals surface area (Å²) in [5.41, 5.74) is 2.03. The van der Waals surface area contributed by atoms with Crippen molar-refractivity contribution in [2.24, 2.45) is 0 Å². The van der Waals surface area contributed by atoms with Crippen LogP contribution < -0.4 is 15.4 Å². The van der Waals surface area contributed by atoms with Crippen molar-refractivity contribution < 1.29 is 33.7 Å². The standard InChI is InChI=1S/C31H34FN3O6/c1-19-24(12-7-13-27(19)36)29(38)34-25(15-20-8-4-3-5-9-20)28(37)31(40)35-18-22(32)16-26(35)30(39)33-17-21-10-6-11-23(14-21)41-2/h3-14,22,25-26,28,36-37H,15-18H2,1-2H3,(H,33,39)(H,34,38)/t22-,25-,26+,28-/m0/s1. The highest BCUT2D eigenvalue weighted by atomic mass is 19.1. The molecule has 3 amide bonds. The zero-order valence-electron chi connectivity index (χ0n) is 22.9. The fourth-order valence-corrected chi connectivity index (χ4v) is 4.93. The van der Waals surface area contributed by atoms with Crippen molar-refractivity contribution >= 4 is 17.7 Å². The van der Waals surface area contributed by atoms with Gasteiger partial charge in [0, 0.05) is 24.1 Å². The minimum Gasteiger partial charge on any atom is -0.508 e. The van der Waals surface area contributed by atoms with Crippen LogP contribution in [0.4, 0.5) is 4.39 Å². The van der Waals surface area contributed by atoms with Crippen molar-refractivity contribution in [1.29, 1.82) is 0 Å². The van der Waals surface area contributed by atoms with Crippen molar-refractivity contribution in [2.45, 2.75) is 50.7 Å². The number of nitrogens with zero attached hydrogens (tertiary/aromatic N) is 1. The van der Waals surface area contributed by atoms with E-state index in [1.807, 2.05) is 6.07 Å². The molecule has 4 atom stereocenters. The van der Waals surface area contributed by atoms with E-state index in [4.69, 9.17) is 4.74 Å². The summed E-state index contributed by atoms with van der Waals surface area (Å²) in [4.78, 5) is 40.8. The molecule has 1 fully saturated rings. The molecule has 1 aliphatic rings. The number of phenols is 1. The van der Waals surface area contributed by atoms with E-state index in [2.05, 4.69) is 10.6 Å². The highest BCUT2D eigenvalue weighted by molar-refractivity contribution is 5.97. The number of aliphatic hydroxyl groups is 1. The number of hydrogen-bond donors (Lipinski definition) is 4. The van der Waals surface area contributed by atoms with Gasteiger partial charge in [-0.25, -0.2) is 4.39 Å². The third-order valence-corrected chi connectivity index (χ3v) is 7.24. The number of hydrogen-bond acceptors (Lipinski definition) is 6. The van der Waals surface area contributed by atoms with E-state index in [0.717, 1.165) is 16.0 Å². The maximum atomic E-state index is 14.6. The molecule has 1 heterocycles. The van der Waals surface area contributed by atoms with Gasteiger partial charge in [-0.1, -0.05) is 48.5 Å². The summed E-state index contributed by atoms with van der Waals surface area (Å²) in [6, 6.07) is 18.3. The largest absolute Gasteiger partial charge is 0.508 e. The molecule has 3 aromatic rings. The number of likely N-dealkylation sites (tertiary alicyclic amines) is 1. The van der Waals surface area contributed by atoms with Crippen LogP contribution in [-0.4, -0.2) is 70.8 Å². The summed E-state index contributed by atoms with van der Waals surface area (Å²) in [6.07, 6.45) is -3.33. The Bertz CT molecular complexity index is 1390. The van der Waals surface area contributed by atoms with Gasteiger partial charge in [-0.3, -0.25) is 14.4 Å². The lowest BCUT2D eigenvalue weighted by Crippen LogP contribution is -2.55. The normalized spacial score (nSPS) is 17.9. The number of rotatable bonds is 10. The molecular weight excluding hydrogens is 529 g/mol. The van der Waals surface area contributed by atoms with Crippen molar-refractivity contribution in [3.63, 3.8) is 0 Å². The van der Waals surface area contributed by atoms with Crippen LogP contribution in [0.2, 0.25) is 0 Å². The van der Waals surface area contributed by atoms with Crippen LogP contribution in [0, 0.1) is 6.92 Å². The molecule has 41 heavy (non-hydrogen) atoms. The summed E-state index contributed by atoms with van der Waals surface area (Å²) >= 11 is 0. The summed E-state index contributed by atoms with van der Waals surface area (Å²) in [5.74, 6) is -1.45. The van der Waals surface area contributed by atoms with Crippen molar-refractivity contribution in [1.82, 2.24) is 15.5 Å². The van der Waals surface area contributed by atoms with Crippen LogP contribution in [0.3, 0.4) is 0 Å². The lowest BCUT2D eigenvalue weighted by Gasteiger charge is -2.30. The van der Waals surface area contributed by atoms with Gasteiger partial charge in [-0.15, -0.1) is 0 Å². The quantitative estimate of drug-likeness (QED) is 0.300. The molecule has 0 radical (unpaired) electrons. The zero-order chi connectivity index (χ0) is 29.5. The fourth-order valence-electron chi connectivity index (χ4n) is 4.93. The monoisotopic (exact) mass is 563 g/mol. The topological polar surface area (TPSA) is 128 Å². The average molecular weight is 564 g/mol. The molecule has 3 aromatic carbocycles. The van der Waals surface area contributed by atoms with Gasteiger partial charge in [-0.05, 0) is 48.7 Å². The van der Waals surface area contributed by atoms with Crippen LogP contribution in [0.5, 0.6) is 11.5 Å². The first-order valence-corrected chi connectivity index (χ1v) is 13.3. The molecule has 0 saturated carbocycles. The van der Waals surface area contributed by atoms with Crippen LogP contribution >= 0.6 is 0 Å². The fraction of sp³-hybridized carbons (Fsp3) is 0.323. The number of nitrogens with one attached hydrogen (secondary N) is 2. The zero-order valence-corrected chi connectivity index (χ0v) is 22.9. The predicted molar refractivity (Wildman–Crippen MR) is 150 cm³/mol. The molecular formula is C31H34FN3O6. The first-order valence-electron chi connectivity index (χ1n) is 13.3. The van der Waals surface area contributed by atoms with Crippen molar-refractivity contribution in [3.8, 4) is 11.5 Å².